The summed E-state index contributed by atoms with van der Waals surface area (Å²) in [5.74, 6) is 0.689. The first-order valence-electron chi connectivity index (χ1n) is 7.85. The molecule has 1 amide bonds. The summed E-state index contributed by atoms with van der Waals surface area (Å²) >= 11 is 0. The van der Waals surface area contributed by atoms with Crippen LogP contribution in [0.3, 0.4) is 0 Å². The van der Waals surface area contributed by atoms with Gasteiger partial charge in [0.1, 0.15) is 0 Å². The van der Waals surface area contributed by atoms with Crippen molar-refractivity contribution in [1.29, 1.82) is 0 Å². The number of rotatable bonds is 4. The molecule has 1 N–H and O–H groups in total. The van der Waals surface area contributed by atoms with Crippen LogP contribution in [0, 0.1) is 5.92 Å². The summed E-state index contributed by atoms with van der Waals surface area (Å²) in [5, 5.41) is 9.72. The molecule has 0 bridgehead atoms. The summed E-state index contributed by atoms with van der Waals surface area (Å²) < 4.78 is 5.36. The molecule has 4 nitrogen and oxygen atoms in total. The SMILES string of the molecule is O=C(CC[C@@H]1CCOC1)N1CCc2ccccc2[C@@H]1CO. The molecular formula is C17H23NO3. The Morgan fingerprint density at radius 2 is 2.24 bits per heavy atom. The van der Waals surface area contributed by atoms with E-state index in [2.05, 4.69) is 6.07 Å². The summed E-state index contributed by atoms with van der Waals surface area (Å²) in [7, 11) is 0. The molecule has 0 aliphatic carbocycles. The Labute approximate surface area is 125 Å². The van der Waals surface area contributed by atoms with E-state index in [4.69, 9.17) is 4.74 Å². The lowest BCUT2D eigenvalue weighted by Gasteiger charge is -2.36. The van der Waals surface area contributed by atoms with Gasteiger partial charge in [0.05, 0.1) is 12.6 Å². The molecule has 3 rings (SSSR count). The van der Waals surface area contributed by atoms with Crippen LogP contribution in [0.25, 0.3) is 0 Å². The van der Waals surface area contributed by atoms with Gasteiger partial charge in [0.2, 0.25) is 5.91 Å². The monoisotopic (exact) mass is 289 g/mol. The van der Waals surface area contributed by atoms with E-state index in [-0.39, 0.29) is 18.6 Å². The number of carbonyl (C=O) groups is 1. The number of hydrogen-bond donors (Lipinski definition) is 1. The molecule has 0 spiro atoms. The van der Waals surface area contributed by atoms with E-state index in [9.17, 15) is 9.90 Å². The number of ether oxygens (including phenoxy) is 1. The highest BCUT2D eigenvalue weighted by atomic mass is 16.5. The van der Waals surface area contributed by atoms with Crippen molar-refractivity contribution in [2.75, 3.05) is 26.4 Å². The Hall–Kier alpha value is -1.39. The van der Waals surface area contributed by atoms with Crippen LogP contribution in [0.15, 0.2) is 24.3 Å². The normalized spacial score (nSPS) is 24.9. The fourth-order valence-corrected chi connectivity index (χ4v) is 3.43. The minimum Gasteiger partial charge on any atom is -0.394 e. The van der Waals surface area contributed by atoms with Gasteiger partial charge in [-0.1, -0.05) is 24.3 Å². The van der Waals surface area contributed by atoms with Crippen LogP contribution in [0.2, 0.25) is 0 Å². The number of amides is 1. The standard InChI is InChI=1S/C17H23NO3/c19-11-16-15-4-2-1-3-14(15)7-9-18(16)17(20)6-5-13-8-10-21-12-13/h1-4,13,16,19H,5-12H2/t13-,16+/m1/s1. The molecule has 1 aromatic carbocycles. The number of nitrogens with zero attached hydrogens (tertiary/aromatic N) is 1. The van der Waals surface area contributed by atoms with Crippen molar-refractivity contribution in [3.63, 3.8) is 0 Å². The lowest BCUT2D eigenvalue weighted by Crippen LogP contribution is -2.41. The maximum Gasteiger partial charge on any atom is 0.223 e. The third-order valence-electron chi connectivity index (χ3n) is 4.70. The lowest BCUT2D eigenvalue weighted by atomic mass is 9.92. The third kappa shape index (κ3) is 3.11. The highest BCUT2D eigenvalue weighted by molar-refractivity contribution is 5.77. The first-order chi connectivity index (χ1) is 10.3. The van der Waals surface area contributed by atoms with Crippen LogP contribution in [0.4, 0.5) is 0 Å². The van der Waals surface area contributed by atoms with E-state index in [0.717, 1.165) is 38.0 Å². The molecule has 2 heterocycles. The van der Waals surface area contributed by atoms with Gasteiger partial charge in [0.15, 0.2) is 0 Å². The second-order valence-electron chi connectivity index (χ2n) is 6.00. The van der Waals surface area contributed by atoms with Crippen molar-refractivity contribution < 1.29 is 14.6 Å². The van der Waals surface area contributed by atoms with E-state index in [1.165, 1.54) is 5.56 Å². The molecule has 0 aromatic heterocycles. The molecule has 0 saturated carbocycles. The molecule has 0 radical (unpaired) electrons. The second-order valence-corrected chi connectivity index (χ2v) is 6.00. The first-order valence-corrected chi connectivity index (χ1v) is 7.85. The van der Waals surface area contributed by atoms with E-state index in [1.807, 2.05) is 23.1 Å². The van der Waals surface area contributed by atoms with Crippen LogP contribution >= 0.6 is 0 Å². The van der Waals surface area contributed by atoms with Gasteiger partial charge < -0.3 is 14.7 Å². The zero-order chi connectivity index (χ0) is 14.7. The number of carbonyl (C=O) groups excluding carboxylic acids is 1. The molecule has 114 valence electrons. The van der Waals surface area contributed by atoms with Crippen LogP contribution in [0.5, 0.6) is 0 Å². The van der Waals surface area contributed by atoms with Gasteiger partial charge in [0, 0.05) is 26.2 Å². The van der Waals surface area contributed by atoms with Crippen molar-refractivity contribution in [2.24, 2.45) is 5.92 Å². The van der Waals surface area contributed by atoms with Gasteiger partial charge in [-0.15, -0.1) is 0 Å². The largest absolute Gasteiger partial charge is 0.394 e. The number of hydrogen-bond acceptors (Lipinski definition) is 3. The summed E-state index contributed by atoms with van der Waals surface area (Å²) in [5.41, 5.74) is 2.36. The molecule has 2 aliphatic rings. The molecule has 4 heteroatoms. The third-order valence-corrected chi connectivity index (χ3v) is 4.70. The number of fused-ring (bicyclic) bond motifs is 1. The minimum atomic E-state index is -0.178. The van der Waals surface area contributed by atoms with Gasteiger partial charge in [0.25, 0.3) is 0 Å². The smallest absolute Gasteiger partial charge is 0.223 e. The molecular weight excluding hydrogens is 266 g/mol. The van der Waals surface area contributed by atoms with Gasteiger partial charge in [-0.05, 0) is 36.3 Å². The van der Waals surface area contributed by atoms with E-state index in [0.29, 0.717) is 18.9 Å². The van der Waals surface area contributed by atoms with Crippen molar-refractivity contribution >= 4 is 5.91 Å². The van der Waals surface area contributed by atoms with E-state index >= 15 is 0 Å². The molecule has 2 aliphatic heterocycles. The van der Waals surface area contributed by atoms with E-state index < -0.39 is 0 Å². The average Bonchev–Trinajstić information content (AvgIpc) is 3.04. The van der Waals surface area contributed by atoms with Crippen molar-refractivity contribution in [3.8, 4) is 0 Å². The molecule has 2 atom stereocenters. The first kappa shape index (κ1) is 14.5. The summed E-state index contributed by atoms with van der Waals surface area (Å²) in [4.78, 5) is 14.4. The maximum absolute atomic E-state index is 12.5. The second kappa shape index (κ2) is 6.58. The molecule has 0 unspecified atom stereocenters. The predicted octanol–water partition coefficient (Wildman–Crippen LogP) is 1.92. The minimum absolute atomic E-state index is 0.00467. The van der Waals surface area contributed by atoms with Gasteiger partial charge in [-0.2, -0.15) is 0 Å². The Bertz CT molecular complexity index is 497. The fourth-order valence-electron chi connectivity index (χ4n) is 3.43. The zero-order valence-corrected chi connectivity index (χ0v) is 12.3. The molecule has 1 aromatic rings. The number of aliphatic hydroxyl groups excluding tert-OH is 1. The number of benzene rings is 1. The molecule has 1 fully saturated rings. The summed E-state index contributed by atoms with van der Waals surface area (Å²) in [6.07, 6.45) is 3.41. The average molecular weight is 289 g/mol. The Morgan fingerprint density at radius 3 is 3.00 bits per heavy atom. The van der Waals surface area contributed by atoms with Crippen molar-refractivity contribution in [3.05, 3.63) is 35.4 Å². The number of aliphatic hydroxyl groups is 1. The van der Waals surface area contributed by atoms with Crippen molar-refractivity contribution in [1.82, 2.24) is 4.90 Å². The van der Waals surface area contributed by atoms with Crippen LogP contribution in [-0.2, 0) is 16.0 Å². The van der Waals surface area contributed by atoms with Crippen LogP contribution in [-0.4, -0.2) is 42.3 Å². The van der Waals surface area contributed by atoms with Gasteiger partial charge >= 0.3 is 0 Å². The van der Waals surface area contributed by atoms with E-state index in [1.54, 1.807) is 0 Å². The van der Waals surface area contributed by atoms with Gasteiger partial charge in [-0.3, -0.25) is 4.79 Å². The highest BCUT2D eigenvalue weighted by Crippen LogP contribution is 2.30. The van der Waals surface area contributed by atoms with Crippen molar-refractivity contribution in [2.45, 2.75) is 31.7 Å². The molecule has 21 heavy (non-hydrogen) atoms. The Kier molecular flexibility index (Phi) is 4.56. The van der Waals surface area contributed by atoms with Crippen LogP contribution in [0.1, 0.15) is 36.4 Å². The van der Waals surface area contributed by atoms with Gasteiger partial charge in [-0.25, -0.2) is 0 Å². The highest BCUT2D eigenvalue weighted by Gasteiger charge is 2.30. The summed E-state index contributed by atoms with van der Waals surface area (Å²) in [6.45, 7) is 2.33. The fraction of sp³-hybridized carbons (Fsp3) is 0.588. The summed E-state index contributed by atoms with van der Waals surface area (Å²) in [6, 6.07) is 7.94. The topological polar surface area (TPSA) is 49.8 Å². The van der Waals surface area contributed by atoms with Crippen LogP contribution < -0.4 is 0 Å². The predicted molar refractivity (Wildman–Crippen MR) is 79.8 cm³/mol. The molecule has 1 saturated heterocycles. The maximum atomic E-state index is 12.5. The zero-order valence-electron chi connectivity index (χ0n) is 12.3. The Balaban J connectivity index is 1.65. The Morgan fingerprint density at radius 1 is 1.38 bits per heavy atom. The quantitative estimate of drug-likeness (QED) is 0.921. The lowest BCUT2D eigenvalue weighted by molar-refractivity contribution is -0.135.